The number of rotatable bonds is 1. The van der Waals surface area contributed by atoms with E-state index in [4.69, 9.17) is 0 Å². The molecule has 0 spiro atoms. The fourth-order valence-corrected chi connectivity index (χ4v) is 2.83. The summed E-state index contributed by atoms with van der Waals surface area (Å²) in [5.41, 5.74) is 0. The van der Waals surface area contributed by atoms with Crippen molar-refractivity contribution >= 4 is 12.2 Å². The number of hydrogen-bond acceptors (Lipinski definition) is 1. The van der Waals surface area contributed by atoms with Crippen molar-refractivity contribution in [3.05, 3.63) is 16.5 Å². The molecule has 2 heteroatoms. The molecule has 0 radical (unpaired) electrons. The minimum Gasteiger partial charge on any atom is -0.325 e. The number of aryl methyl sites for hydroxylation is 1. The predicted octanol–water partition coefficient (Wildman–Crippen LogP) is 1.52. The highest BCUT2D eigenvalue weighted by Crippen LogP contribution is 2.37. The highest BCUT2D eigenvalue weighted by molar-refractivity contribution is 5.34. The summed E-state index contributed by atoms with van der Waals surface area (Å²) in [6.45, 7) is 4.50. The second kappa shape index (κ2) is 3.22. The molecule has 1 aromatic heterocycles. The summed E-state index contributed by atoms with van der Waals surface area (Å²) < 4.78 is 2.47. The van der Waals surface area contributed by atoms with Crippen LogP contribution in [-0.4, -0.2) is 9.55 Å². The van der Waals surface area contributed by atoms with E-state index in [9.17, 15) is 0 Å². The maximum Gasteiger partial charge on any atom is 0.106 e. The van der Waals surface area contributed by atoms with Gasteiger partial charge in [-0.15, -0.1) is 0 Å². The molecule has 0 saturated heterocycles. The Morgan fingerprint density at radius 3 is 2.73 bits per heavy atom. The molecule has 2 atom stereocenters. The molecule has 15 heavy (non-hydrogen) atoms. The average molecular weight is 202 g/mol. The lowest BCUT2D eigenvalue weighted by Crippen LogP contribution is -2.39. The first-order valence-corrected chi connectivity index (χ1v) is 6.02. The van der Waals surface area contributed by atoms with E-state index in [0.29, 0.717) is 6.04 Å². The van der Waals surface area contributed by atoms with Crippen LogP contribution in [0.1, 0.15) is 44.5 Å². The van der Waals surface area contributed by atoms with Crippen LogP contribution in [0.3, 0.4) is 0 Å². The van der Waals surface area contributed by atoms with Crippen LogP contribution in [0.4, 0.5) is 0 Å². The lowest BCUT2D eigenvalue weighted by molar-refractivity contribution is 0.195. The molecule has 0 bridgehead atoms. The van der Waals surface area contributed by atoms with Gasteiger partial charge in [0.25, 0.3) is 0 Å². The fourth-order valence-electron chi connectivity index (χ4n) is 2.83. The van der Waals surface area contributed by atoms with E-state index in [-0.39, 0.29) is 0 Å². The van der Waals surface area contributed by atoms with Gasteiger partial charge in [-0.25, -0.2) is 4.98 Å². The molecule has 1 aromatic rings. The Bertz CT molecular complexity index is 495. The Morgan fingerprint density at radius 1 is 1.27 bits per heavy atom. The van der Waals surface area contributed by atoms with Gasteiger partial charge in [0.05, 0.1) is 10.7 Å². The Kier molecular flexibility index (Phi) is 1.98. The van der Waals surface area contributed by atoms with E-state index in [2.05, 4.69) is 35.6 Å². The van der Waals surface area contributed by atoms with E-state index >= 15 is 0 Å². The Balaban J connectivity index is 2.19. The zero-order valence-corrected chi connectivity index (χ0v) is 9.53. The summed E-state index contributed by atoms with van der Waals surface area (Å²) in [4.78, 5) is 4.66. The minimum atomic E-state index is 0.712. The summed E-state index contributed by atoms with van der Waals surface area (Å²) in [7, 11) is 0. The second-order valence-corrected chi connectivity index (χ2v) is 4.91. The van der Waals surface area contributed by atoms with Crippen LogP contribution in [0, 0.1) is 12.8 Å². The summed E-state index contributed by atoms with van der Waals surface area (Å²) in [5.74, 6) is 2.03. The third-order valence-corrected chi connectivity index (χ3v) is 3.90. The second-order valence-electron chi connectivity index (χ2n) is 4.91. The van der Waals surface area contributed by atoms with E-state index < -0.39 is 0 Å². The third kappa shape index (κ3) is 1.27. The molecule has 80 valence electrons. The zero-order valence-electron chi connectivity index (χ0n) is 9.53. The molecular formula is C13H18N2. The monoisotopic (exact) mass is 202 g/mol. The van der Waals surface area contributed by atoms with Crippen molar-refractivity contribution in [2.75, 3.05) is 0 Å². The SMILES string of the molecule is Cc1nc2c(n1C1CCC1C)=CCCC=2. The highest BCUT2D eigenvalue weighted by atomic mass is 15.1. The van der Waals surface area contributed by atoms with Gasteiger partial charge in [0.1, 0.15) is 5.82 Å². The number of aromatic nitrogens is 2. The quantitative estimate of drug-likeness (QED) is 0.675. The molecule has 0 aromatic carbocycles. The van der Waals surface area contributed by atoms with E-state index in [1.807, 2.05) is 0 Å². The summed E-state index contributed by atoms with van der Waals surface area (Å²) >= 11 is 0. The average Bonchev–Trinajstić information content (AvgIpc) is 2.54. The van der Waals surface area contributed by atoms with Crippen LogP contribution in [-0.2, 0) is 0 Å². The van der Waals surface area contributed by atoms with Crippen molar-refractivity contribution in [2.45, 2.75) is 45.6 Å². The maximum atomic E-state index is 4.66. The maximum absolute atomic E-state index is 4.66. The largest absolute Gasteiger partial charge is 0.325 e. The molecule has 0 aliphatic heterocycles. The first-order valence-electron chi connectivity index (χ1n) is 6.02. The van der Waals surface area contributed by atoms with Crippen LogP contribution in [0.2, 0.25) is 0 Å². The van der Waals surface area contributed by atoms with E-state index in [1.54, 1.807) is 0 Å². The molecule has 1 saturated carbocycles. The van der Waals surface area contributed by atoms with Crippen molar-refractivity contribution in [3.63, 3.8) is 0 Å². The number of hydrogen-bond donors (Lipinski definition) is 0. The van der Waals surface area contributed by atoms with Gasteiger partial charge >= 0.3 is 0 Å². The predicted molar refractivity (Wildman–Crippen MR) is 61.8 cm³/mol. The van der Waals surface area contributed by atoms with Crippen LogP contribution >= 0.6 is 0 Å². The van der Waals surface area contributed by atoms with Gasteiger partial charge in [0, 0.05) is 6.04 Å². The van der Waals surface area contributed by atoms with Gasteiger partial charge in [-0.1, -0.05) is 19.1 Å². The van der Waals surface area contributed by atoms with E-state index in [1.165, 1.54) is 35.8 Å². The molecule has 2 aliphatic rings. The smallest absolute Gasteiger partial charge is 0.106 e. The molecule has 2 unspecified atom stereocenters. The fraction of sp³-hybridized carbons (Fsp3) is 0.615. The van der Waals surface area contributed by atoms with Gasteiger partial charge in [0.2, 0.25) is 0 Å². The lowest BCUT2D eigenvalue weighted by Gasteiger charge is -2.36. The van der Waals surface area contributed by atoms with Crippen molar-refractivity contribution < 1.29 is 0 Å². The first kappa shape index (κ1) is 9.20. The molecule has 3 rings (SSSR count). The van der Waals surface area contributed by atoms with Crippen molar-refractivity contribution in [2.24, 2.45) is 5.92 Å². The Labute approximate surface area is 90.3 Å². The molecule has 2 nitrogen and oxygen atoms in total. The van der Waals surface area contributed by atoms with Crippen LogP contribution < -0.4 is 10.7 Å². The molecule has 1 heterocycles. The van der Waals surface area contributed by atoms with Gasteiger partial charge in [-0.3, -0.25) is 0 Å². The zero-order chi connectivity index (χ0) is 10.4. The standard InChI is InChI=1S/C13H18N2/c1-9-7-8-12(9)15-10(2)14-11-5-3-4-6-13(11)15/h5-6,9,12H,3-4,7-8H2,1-2H3. The highest BCUT2D eigenvalue weighted by Gasteiger charge is 2.30. The van der Waals surface area contributed by atoms with Gasteiger partial charge < -0.3 is 4.57 Å². The van der Waals surface area contributed by atoms with Crippen molar-refractivity contribution in [1.29, 1.82) is 0 Å². The van der Waals surface area contributed by atoms with Crippen LogP contribution in [0.25, 0.3) is 12.2 Å². The first-order chi connectivity index (χ1) is 7.27. The summed E-state index contributed by atoms with van der Waals surface area (Å²) in [6.07, 6.45) is 9.69. The number of imidazole rings is 1. The van der Waals surface area contributed by atoms with Gasteiger partial charge in [-0.05, 0) is 38.5 Å². The topological polar surface area (TPSA) is 17.8 Å². The Morgan fingerprint density at radius 2 is 2.07 bits per heavy atom. The van der Waals surface area contributed by atoms with Crippen LogP contribution in [0.15, 0.2) is 0 Å². The summed E-state index contributed by atoms with van der Waals surface area (Å²) in [6, 6.07) is 0.712. The molecule has 2 aliphatic carbocycles. The van der Waals surface area contributed by atoms with E-state index in [0.717, 1.165) is 12.3 Å². The van der Waals surface area contributed by atoms with Crippen molar-refractivity contribution in [3.8, 4) is 0 Å². The molecule has 1 fully saturated rings. The minimum absolute atomic E-state index is 0.712. The van der Waals surface area contributed by atoms with Gasteiger partial charge in [0.15, 0.2) is 0 Å². The normalized spacial score (nSPS) is 28.7. The molecular weight excluding hydrogens is 184 g/mol. The number of nitrogens with zero attached hydrogens (tertiary/aromatic N) is 2. The van der Waals surface area contributed by atoms with Crippen LogP contribution in [0.5, 0.6) is 0 Å². The molecule has 0 N–H and O–H groups in total. The lowest BCUT2D eigenvalue weighted by atomic mass is 9.81. The van der Waals surface area contributed by atoms with Crippen molar-refractivity contribution in [1.82, 2.24) is 9.55 Å². The third-order valence-electron chi connectivity index (χ3n) is 3.90. The van der Waals surface area contributed by atoms with Gasteiger partial charge in [-0.2, -0.15) is 0 Å². The molecule has 0 amide bonds. The Hall–Kier alpha value is -1.05. The summed E-state index contributed by atoms with van der Waals surface area (Å²) in [5, 5.41) is 2.60. The number of fused-ring (bicyclic) bond motifs is 1.